The highest BCUT2D eigenvalue weighted by Crippen LogP contribution is 2.48. The second-order valence-corrected chi connectivity index (χ2v) is 16.3. The third-order valence-corrected chi connectivity index (χ3v) is 12.2. The normalized spacial score (nSPS) is 17.1. The number of dihydropyridines is 1. The largest absolute Gasteiger partial charge is 0.467 e. The molecule has 0 atom stereocenters. The molecule has 1 saturated heterocycles. The van der Waals surface area contributed by atoms with Gasteiger partial charge in [-0.25, -0.2) is 15.0 Å². The molecule has 4 heterocycles. The minimum Gasteiger partial charge on any atom is -0.467 e. The average Bonchev–Trinajstić information content (AvgIpc) is 3.47. The molecule has 5 rings (SSSR count). The van der Waals surface area contributed by atoms with Gasteiger partial charge in [0.05, 0.1) is 16.4 Å². The first-order chi connectivity index (χ1) is 21.7. The lowest BCUT2D eigenvalue weighted by atomic mass is 10.0. The van der Waals surface area contributed by atoms with Crippen LogP contribution in [0.4, 0.5) is 5.95 Å². The van der Waals surface area contributed by atoms with Crippen molar-refractivity contribution in [1.82, 2.24) is 15.0 Å². The SMILES string of the molecule is CCCc1cnc(N2CCC(Oc3nc4ccc(C5=CC(S(O)(O)C=CCCCP(=O)(OC)OC)=NCC5)cc4s3)CC2)nc1. The minimum atomic E-state index is -3.21. The van der Waals surface area contributed by atoms with E-state index < -0.39 is 18.2 Å². The molecule has 0 bridgehead atoms. The number of piperidine rings is 1. The van der Waals surface area contributed by atoms with E-state index in [9.17, 15) is 13.7 Å². The quantitative estimate of drug-likeness (QED) is 0.136. The number of benzene rings is 1. The summed E-state index contributed by atoms with van der Waals surface area (Å²) in [5.41, 5.74) is 4.03. The van der Waals surface area contributed by atoms with Crippen LogP contribution in [0.5, 0.6) is 5.19 Å². The number of fused-ring (bicyclic) bond motifs is 1. The summed E-state index contributed by atoms with van der Waals surface area (Å²) in [7, 11) is -3.57. The molecular weight excluding hydrogens is 633 g/mol. The summed E-state index contributed by atoms with van der Waals surface area (Å²) in [5.74, 6) is 0.779. The Morgan fingerprint density at radius 2 is 1.91 bits per heavy atom. The van der Waals surface area contributed by atoms with Crippen LogP contribution >= 0.6 is 29.5 Å². The van der Waals surface area contributed by atoms with Gasteiger partial charge in [-0.15, -0.1) is 10.6 Å². The summed E-state index contributed by atoms with van der Waals surface area (Å²) in [6.07, 6.45) is 13.2. The lowest BCUT2D eigenvalue weighted by Gasteiger charge is -2.31. The fourth-order valence-electron chi connectivity index (χ4n) is 5.29. The lowest BCUT2D eigenvalue weighted by molar-refractivity contribution is 0.170. The molecule has 2 N–H and O–H groups in total. The number of allylic oxidation sites excluding steroid dienone is 1. The number of unbranched alkanes of at least 4 members (excludes halogenated alkanes) is 1. The maximum atomic E-state index is 12.2. The van der Waals surface area contributed by atoms with Gasteiger partial charge in [0.1, 0.15) is 11.1 Å². The van der Waals surface area contributed by atoms with Crippen molar-refractivity contribution in [3.63, 3.8) is 0 Å². The molecule has 0 radical (unpaired) electrons. The Hall–Kier alpha value is -2.64. The average molecular weight is 676 g/mol. The van der Waals surface area contributed by atoms with E-state index in [1.807, 2.05) is 24.5 Å². The topological polar surface area (TPSA) is 139 Å². The zero-order chi connectivity index (χ0) is 31.9. The fraction of sp³-hybridized carbons (Fsp3) is 0.484. The molecule has 244 valence electrons. The van der Waals surface area contributed by atoms with Gasteiger partial charge >= 0.3 is 7.60 Å². The van der Waals surface area contributed by atoms with Crippen LogP contribution in [0.1, 0.15) is 56.6 Å². The molecule has 2 aromatic heterocycles. The molecule has 1 fully saturated rings. The van der Waals surface area contributed by atoms with Crippen LogP contribution in [0.3, 0.4) is 0 Å². The van der Waals surface area contributed by atoms with Crippen molar-refractivity contribution in [2.45, 2.75) is 58.0 Å². The molecule has 0 unspecified atom stereocenters. The summed E-state index contributed by atoms with van der Waals surface area (Å²) < 4.78 is 51.1. The van der Waals surface area contributed by atoms with E-state index in [-0.39, 0.29) is 17.3 Å². The first-order valence-electron chi connectivity index (χ1n) is 15.3. The number of hydrogen-bond acceptors (Lipinski definition) is 12. The van der Waals surface area contributed by atoms with Crippen molar-refractivity contribution in [3.8, 4) is 5.19 Å². The molecule has 0 saturated carbocycles. The highest BCUT2D eigenvalue weighted by Gasteiger charge is 2.24. The van der Waals surface area contributed by atoms with Crippen LogP contribution in [0.25, 0.3) is 15.8 Å². The summed E-state index contributed by atoms with van der Waals surface area (Å²) in [6.45, 7) is 4.30. The number of nitrogens with zero attached hydrogens (tertiary/aromatic N) is 5. The summed E-state index contributed by atoms with van der Waals surface area (Å²) >= 11 is 1.53. The predicted octanol–water partition coefficient (Wildman–Crippen LogP) is 7.80. The van der Waals surface area contributed by atoms with Gasteiger partial charge in [0.2, 0.25) is 5.95 Å². The van der Waals surface area contributed by atoms with Gasteiger partial charge in [-0.05, 0) is 60.6 Å². The van der Waals surface area contributed by atoms with Crippen molar-refractivity contribution in [2.24, 2.45) is 4.99 Å². The number of aromatic nitrogens is 3. The molecule has 45 heavy (non-hydrogen) atoms. The number of ether oxygens (including phenoxy) is 1. The maximum Gasteiger partial charge on any atom is 0.330 e. The van der Waals surface area contributed by atoms with Gasteiger partial charge in [-0.2, -0.15) is 0 Å². The Bertz CT molecular complexity index is 1580. The Labute approximate surface area is 270 Å². The monoisotopic (exact) mass is 675 g/mol. The van der Waals surface area contributed by atoms with Crippen LogP contribution in [0.2, 0.25) is 0 Å². The number of aryl methyl sites for hydroxylation is 1. The van der Waals surface area contributed by atoms with E-state index in [0.29, 0.717) is 31.0 Å². The van der Waals surface area contributed by atoms with Gasteiger partial charge in [-0.1, -0.05) is 36.8 Å². The van der Waals surface area contributed by atoms with E-state index in [4.69, 9.17) is 18.8 Å². The van der Waals surface area contributed by atoms with Gasteiger partial charge in [0, 0.05) is 64.5 Å². The molecular formula is C31H42N5O6PS2. The molecule has 11 nitrogen and oxygen atoms in total. The predicted molar refractivity (Wildman–Crippen MR) is 184 cm³/mol. The van der Waals surface area contributed by atoms with E-state index in [1.54, 1.807) is 12.2 Å². The minimum absolute atomic E-state index is 0.0863. The Morgan fingerprint density at radius 3 is 2.62 bits per heavy atom. The maximum absolute atomic E-state index is 12.2. The Balaban J connectivity index is 1.17. The van der Waals surface area contributed by atoms with Crippen molar-refractivity contribution in [2.75, 3.05) is 44.9 Å². The van der Waals surface area contributed by atoms with Gasteiger partial charge in [-0.3, -0.25) is 18.7 Å². The molecule has 2 aliphatic rings. The van der Waals surface area contributed by atoms with Gasteiger partial charge < -0.3 is 18.7 Å². The van der Waals surface area contributed by atoms with E-state index in [0.717, 1.165) is 66.1 Å². The molecule has 14 heteroatoms. The van der Waals surface area contributed by atoms with Crippen LogP contribution in [-0.4, -0.2) is 75.2 Å². The van der Waals surface area contributed by atoms with E-state index in [2.05, 4.69) is 32.9 Å². The number of aliphatic imine (C=N–C) groups is 1. The number of thiazole rings is 1. The van der Waals surface area contributed by atoms with Crippen molar-refractivity contribution in [1.29, 1.82) is 0 Å². The molecule has 3 aromatic rings. The Kier molecular flexibility index (Phi) is 11.5. The third kappa shape index (κ3) is 8.79. The zero-order valence-corrected chi connectivity index (χ0v) is 28.5. The van der Waals surface area contributed by atoms with Crippen LogP contribution in [0, 0.1) is 0 Å². The van der Waals surface area contributed by atoms with E-state index in [1.165, 1.54) is 36.5 Å². The molecule has 0 aliphatic carbocycles. The van der Waals surface area contributed by atoms with Crippen molar-refractivity contribution >= 4 is 56.3 Å². The summed E-state index contributed by atoms with van der Waals surface area (Å²) in [5, 5.41) is 2.32. The van der Waals surface area contributed by atoms with E-state index >= 15 is 0 Å². The molecule has 0 spiro atoms. The highest BCUT2D eigenvalue weighted by atomic mass is 32.3. The molecule has 2 aliphatic heterocycles. The number of hydrogen-bond donors (Lipinski definition) is 2. The lowest BCUT2D eigenvalue weighted by Crippen LogP contribution is -2.39. The molecule has 0 amide bonds. The van der Waals surface area contributed by atoms with Gasteiger partial charge in [0.25, 0.3) is 5.19 Å². The smallest absolute Gasteiger partial charge is 0.330 e. The fourth-order valence-corrected chi connectivity index (χ4v) is 8.44. The standard InChI is InChI=1S/C31H42N5O6PS2/c1-4-8-23-21-33-30(34-22-23)36-15-12-26(13-16-36)42-31-35-27-10-9-24(19-28(27)44-31)25-11-14-32-29(20-25)45(38,39)18-7-5-6-17-43(37,40-2)41-3/h7,9-10,18-22,26,38-39H,4-6,8,11-17H2,1-3H3. The second kappa shape index (κ2) is 15.3. The molecule has 1 aromatic carbocycles. The summed E-state index contributed by atoms with van der Waals surface area (Å²) in [6, 6.07) is 6.08. The van der Waals surface area contributed by atoms with Crippen molar-refractivity contribution < 1.29 is 27.5 Å². The first-order valence-corrected chi connectivity index (χ1v) is 19.4. The zero-order valence-electron chi connectivity index (χ0n) is 26.0. The second-order valence-electron chi connectivity index (χ2n) is 11.1. The first kappa shape index (κ1) is 33.7. The number of rotatable bonds is 13. The third-order valence-electron chi connectivity index (χ3n) is 7.86. The van der Waals surface area contributed by atoms with Crippen LogP contribution < -0.4 is 9.64 Å². The van der Waals surface area contributed by atoms with Crippen molar-refractivity contribution in [3.05, 3.63) is 59.3 Å². The summed E-state index contributed by atoms with van der Waals surface area (Å²) in [4.78, 5) is 20.5. The van der Waals surface area contributed by atoms with Crippen LogP contribution in [-0.2, 0) is 20.0 Å². The van der Waals surface area contributed by atoms with Crippen LogP contribution in [0.15, 0.2) is 53.1 Å². The Morgan fingerprint density at radius 1 is 1.16 bits per heavy atom. The number of anilines is 1. The highest BCUT2D eigenvalue weighted by molar-refractivity contribution is 8.39. The van der Waals surface area contributed by atoms with Gasteiger partial charge in [0.15, 0.2) is 0 Å².